The van der Waals surface area contributed by atoms with Gasteiger partial charge in [-0.25, -0.2) is 4.79 Å². The summed E-state index contributed by atoms with van der Waals surface area (Å²) in [6, 6.07) is 3.78. The number of carbonyl (C=O) groups excluding carboxylic acids is 2. The Morgan fingerprint density at radius 1 is 1.48 bits per heavy atom. The number of likely N-dealkylation sites (tertiary alicyclic amines) is 1. The predicted octanol–water partition coefficient (Wildman–Crippen LogP) is 2.48. The Balaban J connectivity index is 2.27. The Hall–Kier alpha value is -2.09. The van der Waals surface area contributed by atoms with E-state index in [1.807, 2.05) is 0 Å². The third kappa shape index (κ3) is 3.64. The fraction of sp³-hybridized carbons (Fsp3) is 0.467. The minimum absolute atomic E-state index is 0.102. The number of rotatable bonds is 5. The van der Waals surface area contributed by atoms with E-state index < -0.39 is 16.9 Å². The Morgan fingerprint density at radius 3 is 2.83 bits per heavy atom. The van der Waals surface area contributed by atoms with Crippen molar-refractivity contribution >= 4 is 29.3 Å². The predicted molar refractivity (Wildman–Crippen MR) is 85.6 cm³/mol. The Labute approximate surface area is 138 Å². The molecule has 1 aliphatic heterocycles. The van der Waals surface area contributed by atoms with Crippen molar-refractivity contribution in [2.75, 3.05) is 19.4 Å². The van der Waals surface area contributed by atoms with Crippen LogP contribution in [0.15, 0.2) is 23.1 Å². The number of nitro benzene ring substituents is 1. The second-order valence-electron chi connectivity index (χ2n) is 5.05. The molecular formula is C15H18N2O5S. The Morgan fingerprint density at radius 2 is 2.22 bits per heavy atom. The van der Waals surface area contributed by atoms with E-state index in [1.165, 1.54) is 22.7 Å². The summed E-state index contributed by atoms with van der Waals surface area (Å²) < 4.78 is 5.00. The first-order valence-electron chi connectivity index (χ1n) is 7.29. The molecule has 0 bridgehead atoms. The van der Waals surface area contributed by atoms with E-state index in [0.717, 1.165) is 0 Å². The van der Waals surface area contributed by atoms with Crippen molar-refractivity contribution in [1.82, 2.24) is 4.90 Å². The molecule has 0 N–H and O–H groups in total. The molecule has 1 amide bonds. The zero-order valence-corrected chi connectivity index (χ0v) is 13.8. The molecule has 2 rings (SSSR count). The molecule has 0 aliphatic carbocycles. The summed E-state index contributed by atoms with van der Waals surface area (Å²) in [6.07, 6.45) is 3.00. The number of esters is 1. The van der Waals surface area contributed by atoms with E-state index in [2.05, 4.69) is 0 Å². The number of nitro groups is 1. The molecule has 1 heterocycles. The third-order valence-electron chi connectivity index (χ3n) is 3.69. The number of nitrogens with zero attached hydrogens (tertiary/aromatic N) is 2. The molecule has 0 spiro atoms. The van der Waals surface area contributed by atoms with Crippen LogP contribution in [0.2, 0.25) is 0 Å². The molecule has 1 aliphatic rings. The van der Waals surface area contributed by atoms with Gasteiger partial charge in [0.05, 0.1) is 16.4 Å². The van der Waals surface area contributed by atoms with Crippen molar-refractivity contribution in [3.8, 4) is 0 Å². The second-order valence-corrected chi connectivity index (χ2v) is 5.90. The van der Waals surface area contributed by atoms with Crippen LogP contribution in [0, 0.1) is 10.1 Å². The third-order valence-corrected chi connectivity index (χ3v) is 4.48. The number of ether oxygens (including phenoxy) is 1. The first-order chi connectivity index (χ1) is 11.0. The molecule has 23 heavy (non-hydrogen) atoms. The zero-order valence-electron chi connectivity index (χ0n) is 13.0. The van der Waals surface area contributed by atoms with Crippen molar-refractivity contribution in [3.05, 3.63) is 33.9 Å². The summed E-state index contributed by atoms with van der Waals surface area (Å²) in [5.41, 5.74) is 0.112. The smallest absolute Gasteiger partial charge is 0.328 e. The molecule has 0 unspecified atom stereocenters. The highest BCUT2D eigenvalue weighted by atomic mass is 32.2. The van der Waals surface area contributed by atoms with E-state index in [9.17, 15) is 19.7 Å². The largest absolute Gasteiger partial charge is 0.464 e. The van der Waals surface area contributed by atoms with Crippen molar-refractivity contribution in [2.45, 2.75) is 30.7 Å². The molecule has 8 heteroatoms. The fourth-order valence-electron chi connectivity index (χ4n) is 2.62. The lowest BCUT2D eigenvalue weighted by Crippen LogP contribution is -2.41. The molecular weight excluding hydrogens is 320 g/mol. The lowest BCUT2D eigenvalue weighted by Gasteiger charge is -2.23. The van der Waals surface area contributed by atoms with E-state index in [4.69, 9.17) is 4.74 Å². The minimum atomic E-state index is -0.610. The standard InChI is InChI=1S/C15H18N2O5S/c1-3-22-15(19)11-5-4-8-16(11)14(18)10-6-7-13(23-2)12(9-10)17(20)21/h6-7,9,11H,3-5,8H2,1-2H3/t11-/m1/s1. The average Bonchev–Trinajstić information content (AvgIpc) is 3.03. The average molecular weight is 338 g/mol. The first-order valence-corrected chi connectivity index (χ1v) is 8.52. The van der Waals surface area contributed by atoms with Gasteiger partial charge in [0.1, 0.15) is 6.04 Å². The van der Waals surface area contributed by atoms with Gasteiger partial charge >= 0.3 is 5.97 Å². The molecule has 1 aromatic rings. The Kier molecular flexibility index (Phi) is 5.59. The summed E-state index contributed by atoms with van der Waals surface area (Å²) in [4.78, 5) is 37.1. The van der Waals surface area contributed by atoms with Gasteiger partial charge in [-0.2, -0.15) is 0 Å². The normalized spacial score (nSPS) is 17.1. The van der Waals surface area contributed by atoms with Crippen molar-refractivity contribution in [2.24, 2.45) is 0 Å². The SMILES string of the molecule is CCOC(=O)[C@H]1CCCN1C(=O)c1ccc(SC)c([N+](=O)[O-])c1. The van der Waals surface area contributed by atoms with E-state index >= 15 is 0 Å². The highest BCUT2D eigenvalue weighted by molar-refractivity contribution is 7.98. The fourth-order valence-corrected chi connectivity index (χ4v) is 3.17. The number of hydrogen-bond donors (Lipinski definition) is 0. The van der Waals surface area contributed by atoms with Gasteiger partial charge in [0.15, 0.2) is 0 Å². The van der Waals surface area contributed by atoms with Crippen LogP contribution in [0.1, 0.15) is 30.1 Å². The lowest BCUT2D eigenvalue weighted by molar-refractivity contribution is -0.387. The molecule has 1 aromatic carbocycles. The summed E-state index contributed by atoms with van der Waals surface area (Å²) in [6.45, 7) is 2.41. The summed E-state index contributed by atoms with van der Waals surface area (Å²) in [5.74, 6) is -0.801. The molecule has 1 fully saturated rings. The number of carbonyl (C=O) groups is 2. The van der Waals surface area contributed by atoms with E-state index in [1.54, 1.807) is 25.3 Å². The van der Waals surface area contributed by atoms with Crippen LogP contribution in [-0.2, 0) is 9.53 Å². The van der Waals surface area contributed by atoms with Gasteiger partial charge in [-0.3, -0.25) is 14.9 Å². The highest BCUT2D eigenvalue weighted by Crippen LogP contribution is 2.30. The molecule has 1 saturated heterocycles. The van der Waals surface area contributed by atoms with Crippen LogP contribution in [0.3, 0.4) is 0 Å². The maximum absolute atomic E-state index is 12.6. The minimum Gasteiger partial charge on any atom is -0.464 e. The second kappa shape index (κ2) is 7.45. The molecule has 0 saturated carbocycles. The lowest BCUT2D eigenvalue weighted by atomic mass is 10.1. The Bertz CT molecular complexity index is 634. The van der Waals surface area contributed by atoms with Gasteiger partial charge in [-0.1, -0.05) is 0 Å². The number of hydrogen-bond acceptors (Lipinski definition) is 6. The van der Waals surface area contributed by atoms with E-state index in [-0.39, 0.29) is 23.8 Å². The summed E-state index contributed by atoms with van der Waals surface area (Å²) in [5, 5.41) is 11.1. The van der Waals surface area contributed by atoms with Crippen LogP contribution < -0.4 is 0 Å². The van der Waals surface area contributed by atoms with Crippen LogP contribution in [0.25, 0.3) is 0 Å². The maximum atomic E-state index is 12.6. The molecule has 124 valence electrons. The van der Waals surface area contributed by atoms with Crippen LogP contribution in [-0.4, -0.2) is 47.1 Å². The zero-order chi connectivity index (χ0) is 17.0. The van der Waals surface area contributed by atoms with Gasteiger partial charge in [0.2, 0.25) is 0 Å². The van der Waals surface area contributed by atoms with Gasteiger partial charge in [-0.15, -0.1) is 11.8 Å². The van der Waals surface area contributed by atoms with Gasteiger partial charge in [0, 0.05) is 18.2 Å². The topological polar surface area (TPSA) is 89.8 Å². The van der Waals surface area contributed by atoms with Crippen molar-refractivity contribution in [3.63, 3.8) is 0 Å². The molecule has 0 radical (unpaired) electrons. The van der Waals surface area contributed by atoms with Gasteiger partial charge in [-0.05, 0) is 38.2 Å². The molecule has 7 nitrogen and oxygen atoms in total. The van der Waals surface area contributed by atoms with Crippen molar-refractivity contribution < 1.29 is 19.2 Å². The van der Waals surface area contributed by atoms with Crippen molar-refractivity contribution in [1.29, 1.82) is 0 Å². The number of amides is 1. The summed E-state index contributed by atoms with van der Waals surface area (Å²) in [7, 11) is 0. The number of benzene rings is 1. The van der Waals surface area contributed by atoms with Crippen LogP contribution in [0.4, 0.5) is 5.69 Å². The molecule has 0 aromatic heterocycles. The summed E-state index contributed by atoms with van der Waals surface area (Å²) >= 11 is 1.25. The number of thioether (sulfide) groups is 1. The van der Waals surface area contributed by atoms with Gasteiger partial charge < -0.3 is 9.64 Å². The quantitative estimate of drug-likeness (QED) is 0.355. The van der Waals surface area contributed by atoms with Gasteiger partial charge in [0.25, 0.3) is 11.6 Å². The van der Waals surface area contributed by atoms with E-state index in [0.29, 0.717) is 24.3 Å². The maximum Gasteiger partial charge on any atom is 0.328 e. The van der Waals surface area contributed by atoms with Crippen LogP contribution >= 0.6 is 11.8 Å². The van der Waals surface area contributed by atoms with Crippen LogP contribution in [0.5, 0.6) is 0 Å². The molecule has 1 atom stereocenters. The monoisotopic (exact) mass is 338 g/mol. The first kappa shape index (κ1) is 17.3. The highest BCUT2D eigenvalue weighted by Gasteiger charge is 2.36.